The minimum absolute atomic E-state index is 0.0422. The van der Waals surface area contributed by atoms with Crippen molar-refractivity contribution in [2.24, 2.45) is 0 Å². The van der Waals surface area contributed by atoms with E-state index >= 15 is 0 Å². The Labute approximate surface area is 162 Å². The summed E-state index contributed by atoms with van der Waals surface area (Å²) in [5, 5.41) is 9.35. The largest absolute Gasteiger partial charge is 0.457 e. The third kappa shape index (κ3) is 3.52. The van der Waals surface area contributed by atoms with Crippen LogP contribution in [0.15, 0.2) is 47.3 Å². The molecule has 0 radical (unpaired) electrons. The molecule has 0 saturated carbocycles. The molecule has 0 amide bonds. The lowest BCUT2D eigenvalue weighted by Crippen LogP contribution is -2.24. The summed E-state index contributed by atoms with van der Waals surface area (Å²) in [5.74, 6) is 0.321. The summed E-state index contributed by atoms with van der Waals surface area (Å²) in [6.45, 7) is 0.814. The van der Waals surface area contributed by atoms with Crippen LogP contribution in [-0.2, 0) is 24.3 Å². The average molecular weight is 373 g/mol. The number of carbonyl (C=O) groups is 1. The van der Waals surface area contributed by atoms with Crippen molar-refractivity contribution in [1.82, 2.24) is 9.55 Å². The van der Waals surface area contributed by atoms with Gasteiger partial charge in [-0.25, -0.2) is 9.78 Å². The van der Waals surface area contributed by atoms with Gasteiger partial charge < -0.3 is 4.74 Å². The lowest BCUT2D eigenvalue weighted by atomic mass is 10.1. The lowest BCUT2D eigenvalue weighted by molar-refractivity contribution is 0.0473. The van der Waals surface area contributed by atoms with Gasteiger partial charge in [-0.3, -0.25) is 9.36 Å². The van der Waals surface area contributed by atoms with Crippen molar-refractivity contribution in [2.45, 2.75) is 38.8 Å². The Morgan fingerprint density at radius 3 is 2.75 bits per heavy atom. The molecule has 4 rings (SSSR count). The summed E-state index contributed by atoms with van der Waals surface area (Å²) in [6.07, 6.45) is 3.87. The van der Waals surface area contributed by atoms with Crippen LogP contribution in [0.2, 0.25) is 0 Å². The van der Waals surface area contributed by atoms with Gasteiger partial charge in [-0.2, -0.15) is 5.26 Å². The van der Waals surface area contributed by atoms with Crippen molar-refractivity contribution in [3.63, 3.8) is 0 Å². The molecule has 0 N–H and O–H groups in total. The van der Waals surface area contributed by atoms with Crippen LogP contribution in [-0.4, -0.2) is 15.5 Å². The average Bonchev–Trinajstić information content (AvgIpc) is 2.98. The molecule has 0 fully saturated rings. The first kappa shape index (κ1) is 17.9. The molecule has 0 spiro atoms. The summed E-state index contributed by atoms with van der Waals surface area (Å²) in [6, 6.07) is 13.8. The summed E-state index contributed by atoms with van der Waals surface area (Å²) in [5.41, 5.74) is 2.22. The molecule has 0 atom stereocenters. The molecule has 2 aromatic carbocycles. The van der Waals surface area contributed by atoms with Gasteiger partial charge in [0.05, 0.1) is 28.1 Å². The first-order valence-corrected chi connectivity index (χ1v) is 9.35. The quantitative estimate of drug-likeness (QED) is 0.657. The van der Waals surface area contributed by atoms with Gasteiger partial charge in [-0.05, 0) is 48.7 Å². The molecule has 6 nitrogen and oxygen atoms in total. The number of aromatic nitrogens is 2. The van der Waals surface area contributed by atoms with E-state index in [0.29, 0.717) is 28.6 Å². The van der Waals surface area contributed by atoms with Crippen LogP contribution in [0.25, 0.3) is 10.9 Å². The Kier molecular flexibility index (Phi) is 4.90. The number of rotatable bonds is 3. The predicted molar refractivity (Wildman–Crippen MR) is 104 cm³/mol. The standard InChI is InChI=1S/C22H19N3O3/c23-13-15-5-7-16(8-6-15)14-28-22(27)17-9-10-18-19(12-17)24-20-4-2-1-3-11-25(20)21(18)26/h5-10,12H,1-4,11,14H2. The van der Waals surface area contributed by atoms with Gasteiger partial charge in [0.2, 0.25) is 0 Å². The van der Waals surface area contributed by atoms with Crippen LogP contribution in [0.4, 0.5) is 0 Å². The minimum Gasteiger partial charge on any atom is -0.457 e. The molecule has 28 heavy (non-hydrogen) atoms. The SMILES string of the molecule is N#Cc1ccc(COC(=O)c2ccc3c(=O)n4c(nc3c2)CCCCC4)cc1. The number of carbonyl (C=O) groups excluding carboxylic acids is 1. The lowest BCUT2D eigenvalue weighted by Gasteiger charge is -2.11. The van der Waals surface area contributed by atoms with E-state index in [2.05, 4.69) is 4.98 Å². The Balaban J connectivity index is 1.57. The van der Waals surface area contributed by atoms with Crippen molar-refractivity contribution in [3.05, 3.63) is 75.3 Å². The molecule has 3 aromatic rings. The molecular weight excluding hydrogens is 354 g/mol. The van der Waals surface area contributed by atoms with Crippen molar-refractivity contribution < 1.29 is 9.53 Å². The highest BCUT2D eigenvalue weighted by Crippen LogP contribution is 2.17. The van der Waals surface area contributed by atoms with Gasteiger partial charge >= 0.3 is 5.97 Å². The van der Waals surface area contributed by atoms with Gasteiger partial charge in [0.25, 0.3) is 5.56 Å². The third-order valence-electron chi connectivity index (χ3n) is 5.01. The van der Waals surface area contributed by atoms with E-state index in [4.69, 9.17) is 10.00 Å². The second-order valence-corrected chi connectivity index (χ2v) is 6.91. The summed E-state index contributed by atoms with van der Waals surface area (Å²) in [7, 11) is 0. The van der Waals surface area contributed by atoms with E-state index in [1.807, 2.05) is 6.07 Å². The maximum Gasteiger partial charge on any atom is 0.338 e. The minimum atomic E-state index is -0.469. The second kappa shape index (κ2) is 7.65. The van der Waals surface area contributed by atoms with Crippen molar-refractivity contribution in [2.75, 3.05) is 0 Å². The normalized spacial score (nSPS) is 13.4. The number of fused-ring (bicyclic) bond motifs is 2. The fraction of sp³-hybridized carbons (Fsp3) is 0.273. The van der Waals surface area contributed by atoms with Crippen LogP contribution >= 0.6 is 0 Å². The van der Waals surface area contributed by atoms with E-state index in [-0.39, 0.29) is 12.2 Å². The summed E-state index contributed by atoms with van der Waals surface area (Å²) >= 11 is 0. The number of ether oxygens (including phenoxy) is 1. The first-order valence-electron chi connectivity index (χ1n) is 9.35. The van der Waals surface area contributed by atoms with E-state index in [1.54, 1.807) is 47.0 Å². The fourth-order valence-electron chi connectivity index (χ4n) is 3.45. The van der Waals surface area contributed by atoms with E-state index in [1.165, 1.54) is 0 Å². The molecular formula is C22H19N3O3. The maximum atomic E-state index is 12.8. The van der Waals surface area contributed by atoms with E-state index in [0.717, 1.165) is 37.1 Å². The number of nitriles is 1. The monoisotopic (exact) mass is 373 g/mol. The molecule has 1 aromatic heterocycles. The zero-order valence-electron chi connectivity index (χ0n) is 15.4. The fourth-order valence-corrected chi connectivity index (χ4v) is 3.45. The number of esters is 1. The highest BCUT2D eigenvalue weighted by molar-refractivity contribution is 5.94. The Morgan fingerprint density at radius 1 is 1.14 bits per heavy atom. The second-order valence-electron chi connectivity index (χ2n) is 6.91. The Bertz CT molecular complexity index is 1140. The zero-order chi connectivity index (χ0) is 19.5. The number of hydrogen-bond donors (Lipinski definition) is 0. The van der Waals surface area contributed by atoms with Gasteiger partial charge in [0.1, 0.15) is 12.4 Å². The highest BCUT2D eigenvalue weighted by atomic mass is 16.5. The van der Waals surface area contributed by atoms with E-state index in [9.17, 15) is 9.59 Å². The molecule has 140 valence electrons. The van der Waals surface area contributed by atoms with Crippen LogP contribution in [0.5, 0.6) is 0 Å². The molecule has 6 heteroatoms. The number of aryl methyl sites for hydroxylation is 1. The van der Waals surface area contributed by atoms with Crippen LogP contribution < -0.4 is 5.56 Å². The Morgan fingerprint density at radius 2 is 1.96 bits per heavy atom. The third-order valence-corrected chi connectivity index (χ3v) is 5.01. The van der Waals surface area contributed by atoms with E-state index < -0.39 is 5.97 Å². The summed E-state index contributed by atoms with van der Waals surface area (Å²) < 4.78 is 7.13. The molecule has 0 saturated heterocycles. The number of benzene rings is 2. The zero-order valence-corrected chi connectivity index (χ0v) is 15.4. The summed E-state index contributed by atoms with van der Waals surface area (Å²) in [4.78, 5) is 29.8. The molecule has 0 aliphatic carbocycles. The van der Waals surface area contributed by atoms with Gasteiger partial charge in [0.15, 0.2) is 0 Å². The number of hydrogen-bond acceptors (Lipinski definition) is 5. The van der Waals surface area contributed by atoms with Gasteiger partial charge in [-0.15, -0.1) is 0 Å². The van der Waals surface area contributed by atoms with Crippen LogP contribution in [0.3, 0.4) is 0 Å². The molecule has 0 unspecified atom stereocenters. The van der Waals surface area contributed by atoms with Crippen LogP contribution in [0.1, 0.15) is 46.6 Å². The topological polar surface area (TPSA) is 85.0 Å². The van der Waals surface area contributed by atoms with Crippen LogP contribution in [0, 0.1) is 11.3 Å². The van der Waals surface area contributed by atoms with Crippen molar-refractivity contribution in [1.29, 1.82) is 5.26 Å². The predicted octanol–water partition coefficient (Wildman–Crippen LogP) is 3.35. The first-order chi connectivity index (χ1) is 13.7. The highest BCUT2D eigenvalue weighted by Gasteiger charge is 2.16. The Hall–Kier alpha value is -3.46. The van der Waals surface area contributed by atoms with Crippen molar-refractivity contribution >= 4 is 16.9 Å². The molecule has 1 aliphatic heterocycles. The molecule has 1 aliphatic rings. The van der Waals surface area contributed by atoms with Gasteiger partial charge in [-0.1, -0.05) is 18.6 Å². The molecule has 2 heterocycles. The number of nitrogens with zero attached hydrogens (tertiary/aromatic N) is 3. The van der Waals surface area contributed by atoms with Gasteiger partial charge in [0, 0.05) is 13.0 Å². The molecule has 0 bridgehead atoms. The maximum absolute atomic E-state index is 12.8. The smallest absolute Gasteiger partial charge is 0.338 e. The van der Waals surface area contributed by atoms with Crippen molar-refractivity contribution in [3.8, 4) is 6.07 Å².